The first-order chi connectivity index (χ1) is 4.84. The molecule has 0 aliphatic carbocycles. The summed E-state index contributed by atoms with van der Waals surface area (Å²) in [7, 11) is 0. The average molecular weight is 138 g/mol. The van der Waals surface area contributed by atoms with E-state index in [0.29, 0.717) is 18.8 Å². The number of rotatable bonds is 1. The zero-order chi connectivity index (χ0) is 7.40. The van der Waals surface area contributed by atoms with Crippen LogP contribution in [-0.2, 0) is 0 Å². The SMILES string of the molecule is N=C(N=O)C1=NCC=NC1. The lowest BCUT2D eigenvalue weighted by molar-refractivity contribution is 1.18. The Bertz CT molecular complexity index is 218. The van der Waals surface area contributed by atoms with Gasteiger partial charge in [0.1, 0.15) is 5.71 Å². The van der Waals surface area contributed by atoms with E-state index in [1.54, 1.807) is 6.21 Å². The predicted molar refractivity (Wildman–Crippen MR) is 39.2 cm³/mol. The van der Waals surface area contributed by atoms with Gasteiger partial charge in [-0.25, -0.2) is 0 Å². The average Bonchev–Trinajstić information content (AvgIpc) is 2.05. The van der Waals surface area contributed by atoms with Crippen molar-refractivity contribution in [3.8, 4) is 0 Å². The fourth-order valence-electron chi connectivity index (χ4n) is 0.612. The molecule has 0 spiro atoms. The van der Waals surface area contributed by atoms with E-state index in [1.807, 2.05) is 0 Å². The van der Waals surface area contributed by atoms with Crippen molar-refractivity contribution in [2.24, 2.45) is 15.2 Å². The molecular formula is C5H6N4O. The molecule has 0 atom stereocenters. The second-order valence-electron chi connectivity index (χ2n) is 1.75. The molecule has 1 rings (SSSR count). The lowest BCUT2D eigenvalue weighted by Gasteiger charge is -2.01. The lowest BCUT2D eigenvalue weighted by Crippen LogP contribution is -2.17. The van der Waals surface area contributed by atoms with Gasteiger partial charge in [-0.05, 0) is 5.18 Å². The highest BCUT2D eigenvalue weighted by molar-refractivity contribution is 6.41. The number of nitrogens with zero attached hydrogens (tertiary/aromatic N) is 3. The summed E-state index contributed by atoms with van der Waals surface area (Å²) in [6.07, 6.45) is 1.64. The Morgan fingerprint density at radius 3 is 3.10 bits per heavy atom. The standard InChI is InChI=1S/C5H6N4O/c6-5(9-10)4-3-7-1-2-8-4/h1,6H,2-3H2. The Morgan fingerprint density at radius 1 is 1.80 bits per heavy atom. The molecule has 52 valence electrons. The minimum atomic E-state index is -0.308. The van der Waals surface area contributed by atoms with Gasteiger partial charge in [0.15, 0.2) is 0 Å². The Balaban J connectivity index is 2.64. The third-order valence-corrected chi connectivity index (χ3v) is 1.10. The number of hydrogen-bond acceptors (Lipinski definition) is 4. The fourth-order valence-corrected chi connectivity index (χ4v) is 0.612. The lowest BCUT2D eigenvalue weighted by atomic mass is 10.3. The van der Waals surface area contributed by atoms with Gasteiger partial charge in [0.2, 0.25) is 5.84 Å². The molecule has 0 aromatic carbocycles. The maximum absolute atomic E-state index is 9.80. The molecule has 10 heavy (non-hydrogen) atoms. The van der Waals surface area contributed by atoms with E-state index >= 15 is 0 Å². The molecule has 1 N–H and O–H groups in total. The van der Waals surface area contributed by atoms with Crippen molar-refractivity contribution in [3.63, 3.8) is 0 Å². The van der Waals surface area contributed by atoms with Gasteiger partial charge < -0.3 is 0 Å². The van der Waals surface area contributed by atoms with Crippen molar-refractivity contribution in [1.29, 1.82) is 5.41 Å². The zero-order valence-corrected chi connectivity index (χ0v) is 5.24. The smallest absolute Gasteiger partial charge is 0.212 e. The molecule has 0 aromatic rings. The van der Waals surface area contributed by atoms with E-state index in [0.717, 1.165) is 0 Å². The summed E-state index contributed by atoms with van der Waals surface area (Å²) < 4.78 is 0. The normalized spacial score (nSPS) is 16.2. The Kier molecular flexibility index (Phi) is 1.99. The first-order valence-corrected chi connectivity index (χ1v) is 2.78. The van der Waals surface area contributed by atoms with Crippen LogP contribution in [0.1, 0.15) is 0 Å². The first-order valence-electron chi connectivity index (χ1n) is 2.78. The minimum absolute atomic E-state index is 0.308. The molecule has 0 aromatic heterocycles. The van der Waals surface area contributed by atoms with Gasteiger partial charge in [-0.3, -0.25) is 15.4 Å². The van der Waals surface area contributed by atoms with Gasteiger partial charge >= 0.3 is 0 Å². The summed E-state index contributed by atoms with van der Waals surface area (Å²) >= 11 is 0. The zero-order valence-electron chi connectivity index (χ0n) is 5.24. The van der Waals surface area contributed by atoms with E-state index in [2.05, 4.69) is 15.2 Å². The summed E-state index contributed by atoms with van der Waals surface area (Å²) in [5.41, 5.74) is 0.373. The Morgan fingerprint density at radius 2 is 2.60 bits per heavy atom. The van der Waals surface area contributed by atoms with Gasteiger partial charge in [0.05, 0.1) is 13.1 Å². The summed E-state index contributed by atoms with van der Waals surface area (Å²) in [5.74, 6) is -0.308. The van der Waals surface area contributed by atoms with Gasteiger partial charge in [0, 0.05) is 6.21 Å². The molecule has 0 amide bonds. The maximum atomic E-state index is 9.80. The van der Waals surface area contributed by atoms with Gasteiger partial charge in [-0.2, -0.15) is 0 Å². The van der Waals surface area contributed by atoms with Crippen LogP contribution >= 0.6 is 0 Å². The second-order valence-corrected chi connectivity index (χ2v) is 1.75. The maximum Gasteiger partial charge on any atom is 0.212 e. The highest BCUT2D eigenvalue weighted by Crippen LogP contribution is 1.90. The molecule has 1 aliphatic rings. The summed E-state index contributed by atoms with van der Waals surface area (Å²) in [6.45, 7) is 0.762. The van der Waals surface area contributed by atoms with Gasteiger partial charge in [-0.15, -0.1) is 4.91 Å². The van der Waals surface area contributed by atoms with Crippen LogP contribution in [0.2, 0.25) is 0 Å². The summed E-state index contributed by atoms with van der Waals surface area (Å²) in [6, 6.07) is 0. The van der Waals surface area contributed by atoms with Crippen molar-refractivity contribution in [2.75, 3.05) is 13.1 Å². The van der Waals surface area contributed by atoms with E-state index < -0.39 is 0 Å². The Labute approximate surface area is 57.4 Å². The number of nitroso groups, excluding NO2 is 1. The molecule has 0 radical (unpaired) electrons. The molecule has 5 heteroatoms. The van der Waals surface area contributed by atoms with Crippen molar-refractivity contribution in [3.05, 3.63) is 4.91 Å². The van der Waals surface area contributed by atoms with Crippen LogP contribution in [0, 0.1) is 10.3 Å². The number of amidine groups is 1. The number of hydrogen-bond donors (Lipinski definition) is 1. The quantitative estimate of drug-likeness (QED) is 0.314. The third kappa shape index (κ3) is 1.31. The summed E-state index contributed by atoms with van der Waals surface area (Å²) in [5, 5.41) is 9.39. The van der Waals surface area contributed by atoms with Gasteiger partial charge in [-0.1, -0.05) is 0 Å². The van der Waals surface area contributed by atoms with Crippen LogP contribution in [-0.4, -0.2) is 30.9 Å². The molecule has 0 saturated heterocycles. The molecule has 1 aliphatic heterocycles. The molecule has 5 nitrogen and oxygen atoms in total. The van der Waals surface area contributed by atoms with Crippen LogP contribution in [0.25, 0.3) is 0 Å². The number of aliphatic imine (C=N–C) groups is 2. The summed E-state index contributed by atoms with van der Waals surface area (Å²) in [4.78, 5) is 17.5. The Hall–Kier alpha value is -1.39. The van der Waals surface area contributed by atoms with Crippen LogP contribution in [0.5, 0.6) is 0 Å². The van der Waals surface area contributed by atoms with Crippen molar-refractivity contribution < 1.29 is 0 Å². The third-order valence-electron chi connectivity index (χ3n) is 1.10. The highest BCUT2D eigenvalue weighted by Gasteiger charge is 2.07. The molecule has 0 saturated carbocycles. The van der Waals surface area contributed by atoms with Crippen molar-refractivity contribution in [1.82, 2.24) is 0 Å². The first kappa shape index (κ1) is 6.73. The molecular weight excluding hydrogens is 132 g/mol. The number of nitrogens with one attached hydrogen (secondary N) is 1. The van der Waals surface area contributed by atoms with E-state index in [4.69, 9.17) is 5.41 Å². The van der Waals surface area contributed by atoms with Crippen LogP contribution < -0.4 is 0 Å². The monoisotopic (exact) mass is 138 g/mol. The van der Waals surface area contributed by atoms with Crippen LogP contribution in [0.3, 0.4) is 0 Å². The minimum Gasteiger partial charge on any atom is -0.289 e. The second kappa shape index (κ2) is 2.95. The van der Waals surface area contributed by atoms with Crippen molar-refractivity contribution in [2.45, 2.75) is 0 Å². The van der Waals surface area contributed by atoms with Gasteiger partial charge in [0.25, 0.3) is 0 Å². The largest absolute Gasteiger partial charge is 0.289 e. The molecule has 0 fully saturated rings. The molecule has 0 unspecified atom stereocenters. The molecule has 0 bridgehead atoms. The van der Waals surface area contributed by atoms with E-state index in [1.165, 1.54) is 0 Å². The fraction of sp³-hybridized carbons (Fsp3) is 0.400. The molecule has 1 heterocycles. The van der Waals surface area contributed by atoms with Crippen LogP contribution in [0.4, 0.5) is 0 Å². The highest BCUT2D eigenvalue weighted by atomic mass is 16.3. The van der Waals surface area contributed by atoms with Crippen LogP contribution in [0.15, 0.2) is 15.2 Å². The van der Waals surface area contributed by atoms with Crippen molar-refractivity contribution >= 4 is 17.8 Å². The van der Waals surface area contributed by atoms with E-state index in [-0.39, 0.29) is 5.84 Å². The predicted octanol–water partition coefficient (Wildman–Crippen LogP) is 0.255. The van der Waals surface area contributed by atoms with E-state index in [9.17, 15) is 4.91 Å². The topological polar surface area (TPSA) is 78.0 Å².